The summed E-state index contributed by atoms with van der Waals surface area (Å²) in [5.41, 5.74) is 3.57. The lowest BCUT2D eigenvalue weighted by Crippen LogP contribution is -2.34. The van der Waals surface area contributed by atoms with E-state index in [4.69, 9.17) is 5.11 Å². The van der Waals surface area contributed by atoms with Crippen LogP contribution in [-0.2, 0) is 11.2 Å². The van der Waals surface area contributed by atoms with E-state index < -0.39 is 12.0 Å². The summed E-state index contributed by atoms with van der Waals surface area (Å²) in [6.07, 6.45) is 2.55. The van der Waals surface area contributed by atoms with Crippen LogP contribution in [0.5, 0.6) is 0 Å². The van der Waals surface area contributed by atoms with Crippen LogP contribution in [-0.4, -0.2) is 27.6 Å². The quantitative estimate of drug-likeness (QED) is 0.661. The van der Waals surface area contributed by atoms with Gasteiger partial charge < -0.3 is 10.1 Å². The molecular weight excluding hydrogens is 206 g/mol. The number of rotatable bonds is 1. The van der Waals surface area contributed by atoms with E-state index in [0.29, 0.717) is 6.54 Å². The number of nitrogens with one attached hydrogen (secondary N) is 2. The highest BCUT2D eigenvalue weighted by atomic mass is 16.4. The number of pyridine rings is 1. The van der Waals surface area contributed by atoms with E-state index in [1.807, 2.05) is 12.1 Å². The summed E-state index contributed by atoms with van der Waals surface area (Å²) in [6.45, 7) is 0.674. The predicted octanol–water partition coefficient (Wildman–Crippen LogP) is 0.834. The molecule has 1 aliphatic heterocycles. The van der Waals surface area contributed by atoms with Gasteiger partial charge >= 0.3 is 5.97 Å². The fourth-order valence-corrected chi connectivity index (χ4v) is 2.25. The van der Waals surface area contributed by atoms with Crippen molar-refractivity contribution < 1.29 is 9.90 Å². The van der Waals surface area contributed by atoms with Gasteiger partial charge in [-0.05, 0) is 18.6 Å². The fraction of sp³-hybridized carbons (Fsp3) is 0.273. The van der Waals surface area contributed by atoms with Crippen LogP contribution in [0.1, 0.15) is 17.3 Å². The molecule has 5 heteroatoms. The molecule has 82 valence electrons. The average Bonchev–Trinajstić information content (AvgIpc) is 2.67. The standard InChI is InChI=1S/C11H11N3O2/c15-11(16)10-9-6(3-5-13-10)8-7(14-9)2-1-4-12-8/h1-2,4,10,13-14H,3,5H2,(H,15,16). The third-order valence-corrected chi connectivity index (χ3v) is 2.95. The molecule has 3 N–H and O–H groups in total. The molecule has 0 amide bonds. The zero-order valence-electron chi connectivity index (χ0n) is 8.53. The third kappa shape index (κ3) is 1.22. The topological polar surface area (TPSA) is 78.0 Å². The second-order valence-corrected chi connectivity index (χ2v) is 3.89. The van der Waals surface area contributed by atoms with Crippen LogP contribution in [0.25, 0.3) is 11.0 Å². The van der Waals surface area contributed by atoms with Crippen LogP contribution in [0.15, 0.2) is 18.3 Å². The molecule has 0 fully saturated rings. The van der Waals surface area contributed by atoms with Gasteiger partial charge in [0.05, 0.1) is 11.0 Å². The molecule has 0 radical (unpaired) electrons. The van der Waals surface area contributed by atoms with E-state index in [1.165, 1.54) is 0 Å². The van der Waals surface area contributed by atoms with E-state index in [1.54, 1.807) is 6.20 Å². The molecule has 0 aliphatic carbocycles. The first-order valence-electron chi connectivity index (χ1n) is 5.19. The van der Waals surface area contributed by atoms with Crippen molar-refractivity contribution >= 4 is 17.0 Å². The molecule has 0 spiro atoms. The van der Waals surface area contributed by atoms with E-state index in [0.717, 1.165) is 28.7 Å². The van der Waals surface area contributed by atoms with Crippen LogP contribution in [0.4, 0.5) is 0 Å². The highest BCUT2D eigenvalue weighted by Crippen LogP contribution is 2.28. The lowest BCUT2D eigenvalue weighted by molar-refractivity contribution is -0.139. The summed E-state index contributed by atoms with van der Waals surface area (Å²) < 4.78 is 0. The molecule has 0 aromatic carbocycles. The van der Waals surface area contributed by atoms with Gasteiger partial charge in [-0.15, -0.1) is 0 Å². The Bertz CT molecular complexity index is 561. The van der Waals surface area contributed by atoms with Crippen molar-refractivity contribution in [2.24, 2.45) is 0 Å². The molecule has 0 saturated carbocycles. The molecule has 0 saturated heterocycles. The second kappa shape index (κ2) is 3.31. The Morgan fingerprint density at radius 1 is 1.56 bits per heavy atom. The van der Waals surface area contributed by atoms with E-state index >= 15 is 0 Å². The van der Waals surface area contributed by atoms with Gasteiger partial charge in [-0.2, -0.15) is 0 Å². The van der Waals surface area contributed by atoms with Gasteiger partial charge in [0, 0.05) is 24.0 Å². The van der Waals surface area contributed by atoms with Gasteiger partial charge in [0.2, 0.25) is 0 Å². The van der Waals surface area contributed by atoms with Crippen molar-refractivity contribution in [1.29, 1.82) is 0 Å². The molecule has 5 nitrogen and oxygen atoms in total. The maximum Gasteiger partial charge on any atom is 0.326 e. The van der Waals surface area contributed by atoms with Crippen LogP contribution in [0.2, 0.25) is 0 Å². The number of carbonyl (C=O) groups is 1. The van der Waals surface area contributed by atoms with Gasteiger partial charge in [0.15, 0.2) is 0 Å². The summed E-state index contributed by atoms with van der Waals surface area (Å²) in [7, 11) is 0. The van der Waals surface area contributed by atoms with Gasteiger partial charge in [-0.3, -0.25) is 15.1 Å². The van der Waals surface area contributed by atoms with E-state index in [9.17, 15) is 4.79 Å². The number of hydrogen-bond donors (Lipinski definition) is 3. The summed E-state index contributed by atoms with van der Waals surface area (Å²) in [6, 6.07) is 3.12. The molecule has 3 rings (SSSR count). The lowest BCUT2D eigenvalue weighted by atomic mass is 10.0. The summed E-state index contributed by atoms with van der Waals surface area (Å²) in [4.78, 5) is 18.5. The largest absolute Gasteiger partial charge is 0.480 e. The molecule has 1 unspecified atom stereocenters. The zero-order chi connectivity index (χ0) is 11.1. The number of fused-ring (bicyclic) bond motifs is 3. The van der Waals surface area contributed by atoms with Crippen molar-refractivity contribution in [3.05, 3.63) is 29.6 Å². The van der Waals surface area contributed by atoms with Crippen LogP contribution >= 0.6 is 0 Å². The summed E-state index contributed by atoms with van der Waals surface area (Å²) >= 11 is 0. The predicted molar refractivity (Wildman–Crippen MR) is 58.2 cm³/mol. The number of nitrogens with zero attached hydrogens (tertiary/aromatic N) is 1. The van der Waals surface area contributed by atoms with Crippen molar-refractivity contribution in [3.8, 4) is 0 Å². The first-order chi connectivity index (χ1) is 7.77. The molecule has 0 bridgehead atoms. The second-order valence-electron chi connectivity index (χ2n) is 3.89. The minimum atomic E-state index is -0.854. The number of H-pyrrole nitrogens is 1. The Hall–Kier alpha value is -1.88. The van der Waals surface area contributed by atoms with Crippen molar-refractivity contribution in [2.75, 3.05) is 6.54 Å². The minimum Gasteiger partial charge on any atom is -0.480 e. The SMILES string of the molecule is O=C(O)C1NCCc2c1[nH]c1cccnc21. The normalized spacial score (nSPS) is 19.6. The number of aromatic amines is 1. The molecule has 1 aliphatic rings. The summed E-state index contributed by atoms with van der Waals surface area (Å²) in [5, 5.41) is 12.1. The van der Waals surface area contributed by atoms with Crippen LogP contribution < -0.4 is 5.32 Å². The number of carboxylic acids is 1. The smallest absolute Gasteiger partial charge is 0.326 e. The van der Waals surface area contributed by atoms with Gasteiger partial charge in [0.1, 0.15) is 6.04 Å². The molecule has 2 aromatic heterocycles. The Balaban J connectivity index is 2.25. The summed E-state index contributed by atoms with van der Waals surface area (Å²) in [5.74, 6) is -0.854. The molecule has 2 aromatic rings. The van der Waals surface area contributed by atoms with Gasteiger partial charge in [-0.1, -0.05) is 0 Å². The fourth-order valence-electron chi connectivity index (χ4n) is 2.25. The Morgan fingerprint density at radius 3 is 3.25 bits per heavy atom. The number of aliphatic carboxylic acids is 1. The Kier molecular flexibility index (Phi) is 1.94. The highest BCUT2D eigenvalue weighted by Gasteiger charge is 2.29. The number of aromatic nitrogens is 2. The molecule has 1 atom stereocenters. The van der Waals surface area contributed by atoms with Gasteiger partial charge in [0.25, 0.3) is 0 Å². The lowest BCUT2D eigenvalue weighted by Gasteiger charge is -2.20. The molecule has 16 heavy (non-hydrogen) atoms. The van der Waals surface area contributed by atoms with Crippen molar-refractivity contribution in [1.82, 2.24) is 15.3 Å². The van der Waals surface area contributed by atoms with Crippen LogP contribution in [0, 0.1) is 0 Å². The van der Waals surface area contributed by atoms with Crippen molar-refractivity contribution in [3.63, 3.8) is 0 Å². The Morgan fingerprint density at radius 2 is 2.44 bits per heavy atom. The first-order valence-corrected chi connectivity index (χ1v) is 5.19. The maximum absolute atomic E-state index is 11.1. The number of hydrogen-bond acceptors (Lipinski definition) is 3. The van der Waals surface area contributed by atoms with Crippen molar-refractivity contribution in [2.45, 2.75) is 12.5 Å². The zero-order valence-corrected chi connectivity index (χ0v) is 8.53. The average molecular weight is 217 g/mol. The highest BCUT2D eigenvalue weighted by molar-refractivity contribution is 5.85. The van der Waals surface area contributed by atoms with Gasteiger partial charge in [-0.25, -0.2) is 0 Å². The molecule has 3 heterocycles. The third-order valence-electron chi connectivity index (χ3n) is 2.95. The molecular formula is C11H11N3O2. The number of carboxylic acid groups (broad SMARTS) is 1. The van der Waals surface area contributed by atoms with Crippen LogP contribution in [0.3, 0.4) is 0 Å². The Labute approximate surface area is 91.5 Å². The monoisotopic (exact) mass is 217 g/mol. The van der Waals surface area contributed by atoms with E-state index in [-0.39, 0.29) is 0 Å². The maximum atomic E-state index is 11.1. The first kappa shape index (κ1) is 9.35. The van der Waals surface area contributed by atoms with E-state index in [2.05, 4.69) is 15.3 Å². The minimum absolute atomic E-state index is 0.641.